The zero-order chi connectivity index (χ0) is 18.3. The van der Waals surface area contributed by atoms with E-state index in [4.69, 9.17) is 0 Å². The monoisotopic (exact) mass is 368 g/mol. The van der Waals surface area contributed by atoms with Crippen LogP contribution in [0.2, 0.25) is 0 Å². The van der Waals surface area contributed by atoms with Gasteiger partial charge in [-0.2, -0.15) is 4.31 Å². The molecule has 3 aromatic rings. The van der Waals surface area contributed by atoms with Crippen LogP contribution in [0.3, 0.4) is 0 Å². The van der Waals surface area contributed by atoms with Gasteiger partial charge in [-0.15, -0.1) is 0 Å². The molecule has 5 heteroatoms. The molecule has 1 aliphatic heterocycles. The van der Waals surface area contributed by atoms with Crippen molar-refractivity contribution in [1.29, 1.82) is 0 Å². The van der Waals surface area contributed by atoms with Gasteiger partial charge in [-0.3, -0.25) is 0 Å². The summed E-state index contributed by atoms with van der Waals surface area (Å²) >= 11 is 0. The molecule has 1 atom stereocenters. The molecule has 1 aliphatic rings. The van der Waals surface area contributed by atoms with Gasteiger partial charge in [-0.1, -0.05) is 35.9 Å². The number of aromatic amines is 1. The van der Waals surface area contributed by atoms with E-state index in [1.807, 2.05) is 38.1 Å². The van der Waals surface area contributed by atoms with E-state index >= 15 is 0 Å². The first kappa shape index (κ1) is 17.3. The number of nitrogens with zero attached hydrogens (tertiary/aromatic N) is 1. The fourth-order valence-corrected chi connectivity index (χ4v) is 5.69. The van der Waals surface area contributed by atoms with Gasteiger partial charge in [0.05, 0.1) is 4.90 Å². The molecule has 0 spiro atoms. The van der Waals surface area contributed by atoms with Gasteiger partial charge in [0.25, 0.3) is 0 Å². The second kappa shape index (κ2) is 6.56. The lowest BCUT2D eigenvalue weighted by molar-refractivity contribution is 0.313. The first-order valence-electron chi connectivity index (χ1n) is 9.10. The Kier molecular flexibility index (Phi) is 4.37. The predicted molar refractivity (Wildman–Crippen MR) is 105 cm³/mol. The van der Waals surface area contributed by atoms with Crippen molar-refractivity contribution in [3.8, 4) is 0 Å². The molecule has 0 amide bonds. The smallest absolute Gasteiger partial charge is 0.243 e. The highest BCUT2D eigenvalue weighted by molar-refractivity contribution is 7.89. The van der Waals surface area contributed by atoms with Gasteiger partial charge in [0.15, 0.2) is 0 Å². The number of para-hydroxylation sites is 1. The van der Waals surface area contributed by atoms with E-state index in [0.29, 0.717) is 18.0 Å². The highest BCUT2D eigenvalue weighted by Crippen LogP contribution is 2.32. The molecule has 0 aliphatic carbocycles. The quantitative estimate of drug-likeness (QED) is 0.747. The van der Waals surface area contributed by atoms with Crippen molar-refractivity contribution in [2.45, 2.75) is 37.5 Å². The van der Waals surface area contributed by atoms with Gasteiger partial charge in [0, 0.05) is 30.2 Å². The first-order valence-corrected chi connectivity index (χ1v) is 10.5. The Hall–Kier alpha value is -2.11. The summed E-state index contributed by atoms with van der Waals surface area (Å²) in [4.78, 5) is 3.91. The van der Waals surface area contributed by atoms with E-state index in [1.54, 1.807) is 10.4 Å². The largest absolute Gasteiger partial charge is 0.358 e. The summed E-state index contributed by atoms with van der Waals surface area (Å²) in [6, 6.07) is 15.9. The lowest BCUT2D eigenvalue weighted by Gasteiger charge is -2.32. The van der Waals surface area contributed by atoms with Crippen molar-refractivity contribution in [1.82, 2.24) is 9.29 Å². The van der Waals surface area contributed by atoms with Crippen molar-refractivity contribution in [3.05, 3.63) is 65.4 Å². The fourth-order valence-electron chi connectivity index (χ4n) is 3.96. The van der Waals surface area contributed by atoms with Crippen LogP contribution in [0, 0.1) is 13.8 Å². The van der Waals surface area contributed by atoms with Crippen LogP contribution in [0.5, 0.6) is 0 Å². The highest BCUT2D eigenvalue weighted by atomic mass is 32.2. The molecular weight excluding hydrogens is 344 g/mol. The third-order valence-electron chi connectivity index (χ3n) is 5.32. The van der Waals surface area contributed by atoms with Crippen LogP contribution in [0.25, 0.3) is 10.9 Å². The number of aryl methyl sites for hydroxylation is 2. The maximum absolute atomic E-state index is 13.2. The minimum atomic E-state index is -3.46. The topological polar surface area (TPSA) is 53.2 Å². The minimum absolute atomic E-state index is 0.205. The number of hydrogen-bond donors (Lipinski definition) is 1. The lowest BCUT2D eigenvalue weighted by atomic mass is 9.96. The van der Waals surface area contributed by atoms with Gasteiger partial charge in [0.2, 0.25) is 10.0 Å². The van der Waals surface area contributed by atoms with Crippen molar-refractivity contribution in [3.63, 3.8) is 0 Å². The average molecular weight is 369 g/mol. The molecule has 4 nitrogen and oxygen atoms in total. The van der Waals surface area contributed by atoms with E-state index < -0.39 is 10.0 Å². The van der Waals surface area contributed by atoms with Crippen molar-refractivity contribution < 1.29 is 8.42 Å². The molecule has 0 radical (unpaired) electrons. The normalized spacial score (nSPS) is 19.1. The lowest BCUT2D eigenvalue weighted by Crippen LogP contribution is -2.39. The molecule has 1 fully saturated rings. The van der Waals surface area contributed by atoms with Crippen LogP contribution in [-0.4, -0.2) is 30.8 Å². The molecule has 0 saturated carbocycles. The summed E-state index contributed by atoms with van der Waals surface area (Å²) in [5.74, 6) is 0.205. The number of nitrogens with one attached hydrogen (secondary N) is 1. The van der Waals surface area contributed by atoms with Gasteiger partial charge < -0.3 is 4.98 Å². The molecule has 1 unspecified atom stereocenters. The highest BCUT2D eigenvalue weighted by Gasteiger charge is 2.32. The van der Waals surface area contributed by atoms with Crippen molar-refractivity contribution >= 4 is 20.9 Å². The Morgan fingerprint density at radius 2 is 1.88 bits per heavy atom. The van der Waals surface area contributed by atoms with Gasteiger partial charge in [0.1, 0.15) is 0 Å². The van der Waals surface area contributed by atoms with E-state index in [1.165, 1.54) is 5.39 Å². The molecule has 1 N–H and O–H groups in total. The summed E-state index contributed by atoms with van der Waals surface area (Å²) in [5, 5.41) is 1.18. The SMILES string of the molecule is Cc1ccc(S(=O)(=O)N2CCCC(c3cc4ccccc4[nH]3)C2)c(C)c1. The molecule has 2 aromatic carbocycles. The number of rotatable bonds is 3. The summed E-state index contributed by atoms with van der Waals surface area (Å²) < 4.78 is 28.0. The van der Waals surface area contributed by atoms with Crippen LogP contribution in [0.4, 0.5) is 0 Å². The third-order valence-corrected chi connectivity index (χ3v) is 7.35. The van der Waals surface area contributed by atoms with Crippen LogP contribution in [-0.2, 0) is 10.0 Å². The molecular formula is C21H24N2O2S. The fraction of sp³-hybridized carbons (Fsp3) is 0.333. The van der Waals surface area contributed by atoms with Crippen LogP contribution >= 0.6 is 0 Å². The molecule has 4 rings (SSSR count). The maximum atomic E-state index is 13.2. The van der Waals surface area contributed by atoms with Gasteiger partial charge in [-0.25, -0.2) is 8.42 Å². The number of sulfonamides is 1. The molecule has 1 saturated heterocycles. The standard InChI is InChI=1S/C21H24N2O2S/c1-15-9-10-21(16(2)12-15)26(24,25)23-11-5-7-18(14-23)20-13-17-6-3-4-8-19(17)22-20/h3-4,6,8-10,12-13,18,22H,5,7,11,14H2,1-2H3. The average Bonchev–Trinajstić information content (AvgIpc) is 3.06. The Bertz CT molecular complexity index is 1020. The second-order valence-corrected chi connectivity index (χ2v) is 9.19. The summed E-state index contributed by atoms with van der Waals surface area (Å²) in [5.41, 5.74) is 4.14. The Morgan fingerprint density at radius 3 is 2.65 bits per heavy atom. The molecule has 136 valence electrons. The van der Waals surface area contributed by atoms with E-state index in [-0.39, 0.29) is 5.92 Å². The first-order chi connectivity index (χ1) is 12.4. The van der Waals surface area contributed by atoms with E-state index in [9.17, 15) is 8.42 Å². The third kappa shape index (κ3) is 3.06. The number of H-pyrrole nitrogens is 1. The number of fused-ring (bicyclic) bond motifs is 1. The number of hydrogen-bond acceptors (Lipinski definition) is 2. The summed E-state index contributed by atoms with van der Waals surface area (Å²) in [7, 11) is -3.46. The van der Waals surface area contributed by atoms with Crippen molar-refractivity contribution in [2.75, 3.05) is 13.1 Å². The number of piperidine rings is 1. The molecule has 1 aromatic heterocycles. The summed E-state index contributed by atoms with van der Waals surface area (Å²) in [6.45, 7) is 4.98. The van der Waals surface area contributed by atoms with E-state index in [2.05, 4.69) is 23.2 Å². The van der Waals surface area contributed by atoms with Crippen LogP contribution < -0.4 is 0 Å². The van der Waals surface area contributed by atoms with Gasteiger partial charge >= 0.3 is 0 Å². The Balaban J connectivity index is 1.63. The van der Waals surface area contributed by atoms with E-state index in [0.717, 1.165) is 35.2 Å². The van der Waals surface area contributed by atoms with Gasteiger partial charge in [-0.05, 0) is 55.8 Å². The van der Waals surface area contributed by atoms with Crippen LogP contribution in [0.15, 0.2) is 53.4 Å². The zero-order valence-electron chi connectivity index (χ0n) is 15.2. The van der Waals surface area contributed by atoms with Crippen LogP contribution in [0.1, 0.15) is 35.6 Å². The Labute approximate surface area is 154 Å². The predicted octanol–water partition coefficient (Wildman–Crippen LogP) is 4.35. The number of benzene rings is 2. The molecule has 26 heavy (non-hydrogen) atoms. The minimum Gasteiger partial charge on any atom is -0.358 e. The molecule has 0 bridgehead atoms. The molecule has 2 heterocycles. The second-order valence-electron chi connectivity index (χ2n) is 7.28. The summed E-state index contributed by atoms with van der Waals surface area (Å²) in [6.07, 6.45) is 1.88. The number of aromatic nitrogens is 1. The maximum Gasteiger partial charge on any atom is 0.243 e. The Morgan fingerprint density at radius 1 is 1.08 bits per heavy atom. The zero-order valence-corrected chi connectivity index (χ0v) is 16.0. The van der Waals surface area contributed by atoms with Crippen molar-refractivity contribution in [2.24, 2.45) is 0 Å².